The van der Waals surface area contributed by atoms with Crippen molar-refractivity contribution in [3.63, 3.8) is 0 Å². The van der Waals surface area contributed by atoms with Crippen LogP contribution in [0, 0.1) is 0 Å². The highest BCUT2D eigenvalue weighted by Gasteiger charge is 2.15. The van der Waals surface area contributed by atoms with Crippen LogP contribution >= 0.6 is 0 Å². The summed E-state index contributed by atoms with van der Waals surface area (Å²) in [5, 5.41) is 1.09. The normalized spacial score (nSPS) is 12.8. The highest BCUT2D eigenvalue weighted by Crippen LogP contribution is 2.27. The molecule has 2 rings (SSSR count). The third-order valence-electron chi connectivity index (χ3n) is 3.35. The van der Waals surface area contributed by atoms with E-state index < -0.39 is 0 Å². The molecule has 0 saturated carbocycles. The molecule has 0 fully saturated rings. The summed E-state index contributed by atoms with van der Waals surface area (Å²) in [7, 11) is 0. The number of fused-ring (bicyclic) bond motifs is 1. The predicted octanol–water partition coefficient (Wildman–Crippen LogP) is 3.49. The van der Waals surface area contributed by atoms with E-state index in [1.54, 1.807) is 11.5 Å². The van der Waals surface area contributed by atoms with Crippen molar-refractivity contribution in [1.29, 1.82) is 0 Å². The van der Waals surface area contributed by atoms with Crippen molar-refractivity contribution in [2.45, 2.75) is 39.2 Å². The van der Waals surface area contributed by atoms with E-state index >= 15 is 0 Å². The van der Waals surface area contributed by atoms with E-state index in [4.69, 9.17) is 5.73 Å². The predicted molar refractivity (Wildman–Crippen MR) is 74.7 cm³/mol. The first-order valence-electron chi connectivity index (χ1n) is 6.51. The van der Waals surface area contributed by atoms with Crippen molar-refractivity contribution in [2.24, 2.45) is 5.73 Å². The zero-order valence-corrected chi connectivity index (χ0v) is 11.0. The van der Waals surface area contributed by atoms with E-state index in [9.17, 15) is 4.79 Å². The third-order valence-corrected chi connectivity index (χ3v) is 3.35. The van der Waals surface area contributed by atoms with Crippen molar-refractivity contribution in [2.75, 3.05) is 0 Å². The molecule has 0 radical (unpaired) electrons. The van der Waals surface area contributed by atoms with Gasteiger partial charge in [-0.25, -0.2) is 0 Å². The lowest BCUT2D eigenvalue weighted by Gasteiger charge is -2.09. The summed E-state index contributed by atoms with van der Waals surface area (Å²) in [4.78, 5) is 11.6. The van der Waals surface area contributed by atoms with E-state index in [1.165, 1.54) is 0 Å². The number of carbonyl (C=O) groups is 1. The molecule has 2 aromatic rings. The molecule has 96 valence electrons. The minimum absolute atomic E-state index is 0.00968. The van der Waals surface area contributed by atoms with Crippen LogP contribution in [0.25, 0.3) is 10.9 Å². The Balaban J connectivity index is 2.47. The van der Waals surface area contributed by atoms with Gasteiger partial charge in [0.2, 0.25) is 5.91 Å². The second-order valence-electron chi connectivity index (χ2n) is 4.74. The molecule has 0 unspecified atom stereocenters. The molecule has 0 saturated heterocycles. The van der Waals surface area contributed by atoms with E-state index in [2.05, 4.69) is 6.92 Å². The molecule has 3 nitrogen and oxygen atoms in total. The molecule has 0 amide bonds. The number of hydrogen-bond donors (Lipinski definition) is 1. The number of benzene rings is 1. The Kier molecular flexibility index (Phi) is 3.82. The van der Waals surface area contributed by atoms with Crippen LogP contribution in [0.3, 0.4) is 0 Å². The molecule has 1 aromatic carbocycles. The van der Waals surface area contributed by atoms with Crippen LogP contribution in [-0.2, 0) is 0 Å². The fourth-order valence-electron chi connectivity index (χ4n) is 2.34. The highest BCUT2D eigenvalue weighted by molar-refractivity contribution is 5.93. The van der Waals surface area contributed by atoms with Crippen LogP contribution in [0.1, 0.15) is 49.5 Å². The summed E-state index contributed by atoms with van der Waals surface area (Å²) < 4.78 is 1.69. The van der Waals surface area contributed by atoms with E-state index in [0.717, 1.165) is 35.7 Å². The Labute approximate surface area is 108 Å². The van der Waals surface area contributed by atoms with Gasteiger partial charge in [0.1, 0.15) is 0 Å². The molecule has 18 heavy (non-hydrogen) atoms. The molecule has 2 N–H and O–H groups in total. The lowest BCUT2D eigenvalue weighted by Crippen LogP contribution is -2.10. The number of aromatic nitrogens is 1. The monoisotopic (exact) mass is 244 g/mol. The van der Waals surface area contributed by atoms with Gasteiger partial charge in [0, 0.05) is 24.5 Å². The fraction of sp³-hybridized carbons (Fsp3) is 0.400. The summed E-state index contributed by atoms with van der Waals surface area (Å²) in [6, 6.07) is 7.95. The molecular weight excluding hydrogens is 224 g/mol. The Hall–Kier alpha value is -1.61. The number of nitrogens with zero attached hydrogens (tertiary/aromatic N) is 1. The van der Waals surface area contributed by atoms with Gasteiger partial charge >= 0.3 is 0 Å². The summed E-state index contributed by atoms with van der Waals surface area (Å²) in [5.74, 6) is 0.0279. The number of rotatable bonds is 4. The van der Waals surface area contributed by atoms with Gasteiger partial charge in [0.25, 0.3) is 0 Å². The van der Waals surface area contributed by atoms with Gasteiger partial charge in [-0.1, -0.05) is 38.0 Å². The molecule has 0 aliphatic rings. The summed E-state index contributed by atoms with van der Waals surface area (Å²) >= 11 is 0. The topological polar surface area (TPSA) is 48.0 Å². The van der Waals surface area contributed by atoms with Crippen molar-refractivity contribution >= 4 is 16.8 Å². The largest absolute Gasteiger partial charge is 0.324 e. The second-order valence-corrected chi connectivity index (χ2v) is 4.74. The Morgan fingerprint density at radius 3 is 2.78 bits per heavy atom. The van der Waals surface area contributed by atoms with E-state index in [1.807, 2.05) is 30.5 Å². The fourth-order valence-corrected chi connectivity index (χ4v) is 2.34. The summed E-state index contributed by atoms with van der Waals surface area (Å²) in [5.41, 5.74) is 8.26. The zero-order chi connectivity index (χ0) is 13.1. The van der Waals surface area contributed by atoms with E-state index in [-0.39, 0.29) is 11.9 Å². The number of nitrogens with two attached hydrogens (primary N) is 1. The zero-order valence-electron chi connectivity index (χ0n) is 11.0. The van der Waals surface area contributed by atoms with Crippen LogP contribution in [0.5, 0.6) is 0 Å². The van der Waals surface area contributed by atoms with Gasteiger partial charge in [-0.3, -0.25) is 9.36 Å². The SMILES string of the molecule is CCCC[C@@H](N)c1cn(C(C)=O)c2ccccc12. The number of carbonyl (C=O) groups excluding carboxylic acids is 1. The third kappa shape index (κ3) is 2.31. The van der Waals surface area contributed by atoms with E-state index in [0.29, 0.717) is 0 Å². The number of hydrogen-bond acceptors (Lipinski definition) is 2. The molecule has 0 aliphatic heterocycles. The first-order valence-corrected chi connectivity index (χ1v) is 6.51. The lowest BCUT2D eigenvalue weighted by molar-refractivity contribution is 0.0941. The quantitative estimate of drug-likeness (QED) is 0.895. The van der Waals surface area contributed by atoms with Gasteiger partial charge in [-0.2, -0.15) is 0 Å². The van der Waals surface area contributed by atoms with Crippen molar-refractivity contribution in [3.8, 4) is 0 Å². The number of unbranched alkanes of at least 4 members (excludes halogenated alkanes) is 1. The van der Waals surface area contributed by atoms with Gasteiger partial charge < -0.3 is 5.73 Å². The molecule has 0 bridgehead atoms. The average molecular weight is 244 g/mol. The summed E-state index contributed by atoms with van der Waals surface area (Å²) in [6.45, 7) is 3.74. The summed E-state index contributed by atoms with van der Waals surface area (Å²) in [6.07, 6.45) is 5.11. The molecule has 1 heterocycles. The van der Waals surface area contributed by atoms with Crippen molar-refractivity contribution < 1.29 is 4.79 Å². The lowest BCUT2D eigenvalue weighted by atomic mass is 10.0. The average Bonchev–Trinajstić information content (AvgIpc) is 2.75. The van der Waals surface area contributed by atoms with Crippen LogP contribution in [0.4, 0.5) is 0 Å². The minimum Gasteiger partial charge on any atom is -0.324 e. The van der Waals surface area contributed by atoms with Crippen molar-refractivity contribution in [1.82, 2.24) is 4.57 Å². The maximum atomic E-state index is 11.6. The smallest absolute Gasteiger partial charge is 0.227 e. The van der Waals surface area contributed by atoms with Gasteiger partial charge in [-0.05, 0) is 18.1 Å². The standard InChI is InChI=1S/C15H20N2O/c1-3-4-8-14(16)13-10-17(11(2)18)15-9-6-5-7-12(13)15/h5-7,9-10,14H,3-4,8,16H2,1-2H3/t14-/m1/s1. The van der Waals surface area contributed by atoms with Crippen LogP contribution in [0.2, 0.25) is 0 Å². The van der Waals surface area contributed by atoms with Crippen LogP contribution in [0.15, 0.2) is 30.5 Å². The van der Waals surface area contributed by atoms with Crippen LogP contribution in [-0.4, -0.2) is 10.5 Å². The first kappa shape index (κ1) is 12.8. The highest BCUT2D eigenvalue weighted by atomic mass is 16.1. The number of para-hydroxylation sites is 1. The van der Waals surface area contributed by atoms with Gasteiger partial charge in [0.15, 0.2) is 0 Å². The Bertz CT molecular complexity index is 557. The second kappa shape index (κ2) is 5.36. The maximum Gasteiger partial charge on any atom is 0.227 e. The van der Waals surface area contributed by atoms with Crippen LogP contribution < -0.4 is 5.73 Å². The molecule has 1 atom stereocenters. The molecule has 1 aromatic heterocycles. The molecular formula is C15H20N2O. The Morgan fingerprint density at radius 2 is 2.11 bits per heavy atom. The van der Waals surface area contributed by atoms with Crippen molar-refractivity contribution in [3.05, 3.63) is 36.0 Å². The molecule has 0 spiro atoms. The molecule has 3 heteroatoms. The molecule has 0 aliphatic carbocycles. The Morgan fingerprint density at radius 1 is 1.39 bits per heavy atom. The van der Waals surface area contributed by atoms with Gasteiger partial charge in [-0.15, -0.1) is 0 Å². The van der Waals surface area contributed by atoms with Gasteiger partial charge in [0.05, 0.1) is 5.52 Å². The minimum atomic E-state index is 0.00968. The first-order chi connectivity index (χ1) is 8.65. The maximum absolute atomic E-state index is 11.6.